The highest BCUT2D eigenvalue weighted by Crippen LogP contribution is 2.32. The van der Waals surface area contributed by atoms with E-state index in [-0.39, 0.29) is 12.0 Å². The van der Waals surface area contributed by atoms with Gasteiger partial charge in [-0.2, -0.15) is 0 Å². The summed E-state index contributed by atoms with van der Waals surface area (Å²) < 4.78 is 18.3. The van der Waals surface area contributed by atoms with Crippen LogP contribution in [0.15, 0.2) is 66.9 Å². The number of carbonyl (C=O) groups is 1. The van der Waals surface area contributed by atoms with Crippen molar-refractivity contribution in [2.24, 2.45) is 0 Å². The molecular weight excluding hydrogens is 416 g/mol. The number of pyridine rings is 1. The smallest absolute Gasteiger partial charge is 0.340 e. The average molecular weight is 445 g/mol. The molecule has 0 aliphatic carbocycles. The highest BCUT2D eigenvalue weighted by atomic mass is 16.5. The third kappa shape index (κ3) is 4.61. The molecular formula is C27H28N2O4. The van der Waals surface area contributed by atoms with Crippen LogP contribution >= 0.6 is 0 Å². The van der Waals surface area contributed by atoms with Gasteiger partial charge in [0.2, 0.25) is 0 Å². The maximum Gasteiger partial charge on any atom is 0.340 e. The van der Waals surface area contributed by atoms with Crippen LogP contribution in [-0.4, -0.2) is 29.7 Å². The lowest BCUT2D eigenvalue weighted by Crippen LogP contribution is -2.11. The van der Waals surface area contributed by atoms with E-state index in [2.05, 4.69) is 22.5 Å². The van der Waals surface area contributed by atoms with E-state index >= 15 is 0 Å². The molecule has 0 amide bonds. The number of hydrogen-bond donors (Lipinski definition) is 0. The summed E-state index contributed by atoms with van der Waals surface area (Å²) in [6.45, 7) is 4.99. The van der Waals surface area contributed by atoms with Gasteiger partial charge in [-0.1, -0.05) is 30.3 Å². The van der Waals surface area contributed by atoms with Gasteiger partial charge in [0.05, 0.1) is 44.7 Å². The molecule has 2 aromatic heterocycles. The largest absolute Gasteiger partial charge is 0.497 e. The first-order valence-corrected chi connectivity index (χ1v) is 10.9. The molecule has 0 N–H and O–H groups in total. The second-order valence-corrected chi connectivity index (χ2v) is 7.94. The Morgan fingerprint density at radius 3 is 2.52 bits per heavy atom. The second-order valence-electron chi connectivity index (χ2n) is 7.94. The summed E-state index contributed by atoms with van der Waals surface area (Å²) in [6.07, 6.45) is 1.81. The molecule has 1 atom stereocenters. The Labute approximate surface area is 193 Å². The van der Waals surface area contributed by atoms with E-state index in [1.54, 1.807) is 13.3 Å². The first-order chi connectivity index (χ1) is 16.0. The molecule has 4 rings (SSSR count). The number of ether oxygens (including phenoxy) is 3. The van der Waals surface area contributed by atoms with Crippen molar-refractivity contribution in [3.8, 4) is 5.75 Å². The summed E-state index contributed by atoms with van der Waals surface area (Å²) in [7, 11) is 3.07. The third-order valence-electron chi connectivity index (χ3n) is 5.93. The summed E-state index contributed by atoms with van der Waals surface area (Å²) in [6, 6.07) is 19.8. The standard InChI is InChI=1S/C27H28N2O4/c1-18(29-19(2)26(27(30)32-4)24-7-5-6-8-25(24)29)21-13-14-28-22(15-21)17-33-16-20-9-11-23(31-3)12-10-20/h5-15,18H,16-17H2,1-4H3. The van der Waals surface area contributed by atoms with Crippen LogP contribution in [0.25, 0.3) is 10.9 Å². The number of para-hydroxylation sites is 1. The summed E-state index contributed by atoms with van der Waals surface area (Å²) in [5, 5.41) is 0.894. The van der Waals surface area contributed by atoms with E-state index in [9.17, 15) is 4.79 Å². The molecule has 0 saturated heterocycles. The summed E-state index contributed by atoms with van der Waals surface area (Å²) in [5.41, 5.74) is 5.51. The number of esters is 1. The molecule has 4 aromatic rings. The lowest BCUT2D eigenvalue weighted by atomic mass is 10.1. The number of rotatable bonds is 8. The van der Waals surface area contributed by atoms with E-state index in [0.717, 1.165) is 39.2 Å². The molecule has 2 heterocycles. The first kappa shape index (κ1) is 22.6. The minimum atomic E-state index is -0.322. The fraction of sp³-hybridized carbons (Fsp3) is 0.259. The van der Waals surface area contributed by atoms with Crippen molar-refractivity contribution in [3.05, 3.63) is 94.9 Å². The first-order valence-electron chi connectivity index (χ1n) is 10.9. The average Bonchev–Trinajstić information content (AvgIpc) is 3.15. The topological polar surface area (TPSA) is 62.6 Å². The number of benzene rings is 2. The Morgan fingerprint density at radius 2 is 1.79 bits per heavy atom. The number of aromatic nitrogens is 2. The van der Waals surface area contributed by atoms with Crippen LogP contribution in [0.5, 0.6) is 5.75 Å². The van der Waals surface area contributed by atoms with Gasteiger partial charge in [0.25, 0.3) is 0 Å². The molecule has 0 fully saturated rings. The van der Waals surface area contributed by atoms with Crippen molar-refractivity contribution < 1.29 is 19.0 Å². The summed E-state index contributed by atoms with van der Waals surface area (Å²) in [4.78, 5) is 17.0. The normalized spacial score (nSPS) is 12.0. The maximum absolute atomic E-state index is 12.5. The van der Waals surface area contributed by atoms with Crippen LogP contribution < -0.4 is 4.74 Å². The van der Waals surface area contributed by atoms with Crippen LogP contribution in [0, 0.1) is 6.92 Å². The number of nitrogens with zero attached hydrogens (tertiary/aromatic N) is 2. The predicted octanol–water partition coefficient (Wildman–Crippen LogP) is 5.47. The molecule has 0 radical (unpaired) electrons. The van der Waals surface area contributed by atoms with E-state index in [1.807, 2.05) is 61.5 Å². The maximum atomic E-state index is 12.5. The van der Waals surface area contributed by atoms with Crippen molar-refractivity contribution in [1.82, 2.24) is 9.55 Å². The lowest BCUT2D eigenvalue weighted by Gasteiger charge is -2.19. The number of hydrogen-bond acceptors (Lipinski definition) is 5. The van der Waals surface area contributed by atoms with E-state index < -0.39 is 0 Å². The predicted molar refractivity (Wildman–Crippen MR) is 128 cm³/mol. The van der Waals surface area contributed by atoms with Gasteiger partial charge < -0.3 is 18.8 Å². The molecule has 6 nitrogen and oxygen atoms in total. The molecule has 1 unspecified atom stereocenters. The van der Waals surface area contributed by atoms with Gasteiger partial charge in [-0.15, -0.1) is 0 Å². The second kappa shape index (κ2) is 9.88. The quantitative estimate of drug-likeness (QED) is 0.338. The Hall–Kier alpha value is -3.64. The van der Waals surface area contributed by atoms with E-state index in [1.165, 1.54) is 7.11 Å². The van der Waals surface area contributed by atoms with Crippen LogP contribution in [0.4, 0.5) is 0 Å². The summed E-state index contributed by atoms with van der Waals surface area (Å²) in [5.74, 6) is 0.502. The van der Waals surface area contributed by atoms with Gasteiger partial charge in [-0.3, -0.25) is 4.98 Å². The monoisotopic (exact) mass is 444 g/mol. The van der Waals surface area contributed by atoms with Crippen LogP contribution in [0.1, 0.15) is 45.8 Å². The minimum Gasteiger partial charge on any atom is -0.497 e. The zero-order chi connectivity index (χ0) is 23.4. The molecule has 0 aliphatic heterocycles. The zero-order valence-corrected chi connectivity index (χ0v) is 19.4. The van der Waals surface area contributed by atoms with E-state index in [0.29, 0.717) is 18.8 Å². The molecule has 0 spiro atoms. The van der Waals surface area contributed by atoms with Gasteiger partial charge in [0, 0.05) is 22.8 Å². The van der Waals surface area contributed by atoms with Gasteiger partial charge in [0.1, 0.15) is 5.75 Å². The Bertz CT molecular complexity index is 1260. The van der Waals surface area contributed by atoms with Gasteiger partial charge in [0.15, 0.2) is 0 Å². The summed E-state index contributed by atoms with van der Waals surface area (Å²) >= 11 is 0. The number of carbonyl (C=O) groups excluding carboxylic acids is 1. The van der Waals surface area contributed by atoms with Crippen molar-refractivity contribution >= 4 is 16.9 Å². The SMILES string of the molecule is COC(=O)c1c(C)n(C(C)c2ccnc(COCc3ccc(OC)cc3)c2)c2ccccc12. The molecule has 0 bridgehead atoms. The van der Waals surface area contributed by atoms with Crippen molar-refractivity contribution in [2.75, 3.05) is 14.2 Å². The van der Waals surface area contributed by atoms with Crippen LogP contribution in [0.3, 0.4) is 0 Å². The van der Waals surface area contributed by atoms with Crippen LogP contribution in [-0.2, 0) is 22.7 Å². The van der Waals surface area contributed by atoms with Gasteiger partial charge >= 0.3 is 5.97 Å². The molecule has 0 saturated carbocycles. The Kier molecular flexibility index (Phi) is 6.75. The number of methoxy groups -OCH3 is 2. The van der Waals surface area contributed by atoms with Gasteiger partial charge in [-0.05, 0) is 55.3 Å². The highest BCUT2D eigenvalue weighted by Gasteiger charge is 2.23. The zero-order valence-electron chi connectivity index (χ0n) is 19.4. The third-order valence-corrected chi connectivity index (χ3v) is 5.93. The van der Waals surface area contributed by atoms with Crippen LogP contribution in [0.2, 0.25) is 0 Å². The molecule has 2 aromatic carbocycles. The fourth-order valence-electron chi connectivity index (χ4n) is 4.23. The molecule has 0 aliphatic rings. The van der Waals surface area contributed by atoms with E-state index in [4.69, 9.17) is 14.2 Å². The molecule has 170 valence electrons. The highest BCUT2D eigenvalue weighted by molar-refractivity contribution is 6.06. The Balaban J connectivity index is 1.55. The minimum absolute atomic E-state index is 0.00311. The van der Waals surface area contributed by atoms with Crippen molar-refractivity contribution in [2.45, 2.75) is 33.1 Å². The van der Waals surface area contributed by atoms with Crippen molar-refractivity contribution in [3.63, 3.8) is 0 Å². The number of fused-ring (bicyclic) bond motifs is 1. The fourth-order valence-corrected chi connectivity index (χ4v) is 4.23. The van der Waals surface area contributed by atoms with Gasteiger partial charge in [-0.25, -0.2) is 4.79 Å². The molecule has 33 heavy (non-hydrogen) atoms. The van der Waals surface area contributed by atoms with Crippen molar-refractivity contribution in [1.29, 1.82) is 0 Å². The lowest BCUT2D eigenvalue weighted by molar-refractivity contribution is 0.0602. The Morgan fingerprint density at radius 1 is 1.03 bits per heavy atom. The molecule has 6 heteroatoms.